The molecule has 0 fully saturated rings. The third-order valence-corrected chi connectivity index (χ3v) is 6.29. The first-order valence-electron chi connectivity index (χ1n) is 8.28. The molecule has 1 aliphatic heterocycles. The van der Waals surface area contributed by atoms with Gasteiger partial charge in [0.25, 0.3) is 0 Å². The monoisotopic (exact) mass is 377 g/mol. The molecule has 3 rings (SSSR count). The molecule has 0 saturated carbocycles. The highest BCUT2D eigenvalue weighted by Gasteiger charge is 2.18. The third-order valence-electron chi connectivity index (χ3n) is 3.87. The van der Waals surface area contributed by atoms with Gasteiger partial charge in [-0.15, -0.1) is 23.5 Å². The topological polar surface area (TPSA) is 50.7 Å². The summed E-state index contributed by atoms with van der Waals surface area (Å²) in [7, 11) is 1.67. The lowest BCUT2D eigenvalue weighted by molar-refractivity contribution is 0.183. The molecule has 134 valence electrons. The van der Waals surface area contributed by atoms with Crippen molar-refractivity contribution in [3.05, 3.63) is 48.5 Å². The number of fused-ring (bicyclic) bond motifs is 1. The van der Waals surface area contributed by atoms with Crippen LogP contribution >= 0.6 is 23.5 Å². The van der Waals surface area contributed by atoms with Crippen LogP contribution in [0, 0.1) is 0 Å². The van der Waals surface area contributed by atoms with E-state index in [2.05, 4.69) is 11.4 Å². The van der Waals surface area contributed by atoms with Gasteiger partial charge in [-0.2, -0.15) is 0 Å². The molecule has 1 aliphatic rings. The second-order valence-electron chi connectivity index (χ2n) is 5.79. The second-order valence-corrected chi connectivity index (χ2v) is 7.91. The molecule has 1 unspecified atom stereocenters. The van der Waals surface area contributed by atoms with Gasteiger partial charge in [0.1, 0.15) is 18.1 Å². The smallest absolute Gasteiger partial charge is 0.132 e. The van der Waals surface area contributed by atoms with Crippen molar-refractivity contribution in [1.82, 2.24) is 5.32 Å². The number of para-hydroxylation sites is 2. The van der Waals surface area contributed by atoms with Gasteiger partial charge in [0.05, 0.1) is 19.3 Å². The molecule has 0 bridgehead atoms. The van der Waals surface area contributed by atoms with E-state index in [1.165, 1.54) is 4.90 Å². The number of aliphatic hydroxyl groups excluding tert-OH is 1. The van der Waals surface area contributed by atoms with Crippen molar-refractivity contribution in [2.24, 2.45) is 0 Å². The standard InChI is InChI=1S/C19H23NO3S2/c1-22-16-6-2-4-8-18(16)25-13-15(21)10-20-14-11-23-17-7-3-5-9-19(17)24-12-14/h2-9,14-15,20-21H,10-13H2,1H3/t14?,15-/m1/s1. The quantitative estimate of drug-likeness (QED) is 0.722. The molecule has 2 N–H and O–H groups in total. The lowest BCUT2D eigenvalue weighted by atomic mass is 10.3. The predicted molar refractivity (Wildman–Crippen MR) is 104 cm³/mol. The Hall–Kier alpha value is -1.34. The highest BCUT2D eigenvalue weighted by Crippen LogP contribution is 2.32. The summed E-state index contributed by atoms with van der Waals surface area (Å²) in [5.74, 6) is 3.35. The summed E-state index contributed by atoms with van der Waals surface area (Å²) in [6.07, 6.45) is -0.425. The van der Waals surface area contributed by atoms with Crippen molar-refractivity contribution in [1.29, 1.82) is 0 Å². The number of hydrogen-bond acceptors (Lipinski definition) is 6. The number of benzene rings is 2. The van der Waals surface area contributed by atoms with E-state index in [0.29, 0.717) is 18.9 Å². The first kappa shape index (κ1) is 18.5. The maximum atomic E-state index is 10.3. The van der Waals surface area contributed by atoms with E-state index in [1.807, 2.05) is 42.5 Å². The van der Waals surface area contributed by atoms with Crippen LogP contribution in [0.4, 0.5) is 0 Å². The predicted octanol–water partition coefficient (Wildman–Crippen LogP) is 3.29. The number of rotatable bonds is 7. The van der Waals surface area contributed by atoms with Crippen LogP contribution < -0.4 is 14.8 Å². The summed E-state index contributed by atoms with van der Waals surface area (Å²) in [6.45, 7) is 1.17. The van der Waals surface area contributed by atoms with E-state index in [-0.39, 0.29) is 6.04 Å². The van der Waals surface area contributed by atoms with Crippen molar-refractivity contribution in [2.75, 3.05) is 31.8 Å². The normalized spacial score (nSPS) is 17.9. The van der Waals surface area contributed by atoms with Crippen LogP contribution in [0.3, 0.4) is 0 Å². The minimum Gasteiger partial charge on any atom is -0.496 e. The maximum Gasteiger partial charge on any atom is 0.132 e. The Balaban J connectivity index is 1.43. The summed E-state index contributed by atoms with van der Waals surface area (Å²) in [5.41, 5.74) is 0. The van der Waals surface area contributed by atoms with Gasteiger partial charge in [0, 0.05) is 27.8 Å². The van der Waals surface area contributed by atoms with Crippen LogP contribution in [0.15, 0.2) is 58.3 Å². The van der Waals surface area contributed by atoms with Gasteiger partial charge in [-0.1, -0.05) is 24.3 Å². The number of aliphatic hydroxyl groups is 1. The zero-order valence-corrected chi connectivity index (χ0v) is 15.8. The molecule has 0 radical (unpaired) electrons. The zero-order valence-electron chi connectivity index (χ0n) is 14.2. The summed E-state index contributed by atoms with van der Waals surface area (Å²) < 4.78 is 11.2. The van der Waals surface area contributed by atoms with E-state index in [9.17, 15) is 5.11 Å². The molecule has 0 aliphatic carbocycles. The minimum absolute atomic E-state index is 0.225. The Bertz CT molecular complexity index is 656. The van der Waals surface area contributed by atoms with Gasteiger partial charge in [-0.05, 0) is 24.3 Å². The van der Waals surface area contributed by atoms with E-state index >= 15 is 0 Å². The van der Waals surface area contributed by atoms with Crippen LogP contribution in [-0.4, -0.2) is 49.0 Å². The molecule has 0 amide bonds. The van der Waals surface area contributed by atoms with Crippen molar-refractivity contribution < 1.29 is 14.6 Å². The maximum absolute atomic E-state index is 10.3. The average molecular weight is 378 g/mol. The third kappa shape index (κ3) is 5.31. The first-order valence-corrected chi connectivity index (χ1v) is 10.3. The number of thioether (sulfide) groups is 2. The fourth-order valence-electron chi connectivity index (χ4n) is 2.52. The molecule has 0 saturated heterocycles. The van der Waals surface area contributed by atoms with Gasteiger partial charge in [0.2, 0.25) is 0 Å². The highest BCUT2D eigenvalue weighted by atomic mass is 32.2. The van der Waals surface area contributed by atoms with E-state index in [4.69, 9.17) is 9.47 Å². The Morgan fingerprint density at radius 2 is 2.08 bits per heavy atom. The lowest BCUT2D eigenvalue weighted by Crippen LogP contribution is -2.41. The van der Waals surface area contributed by atoms with Gasteiger partial charge < -0.3 is 19.9 Å². The van der Waals surface area contributed by atoms with E-state index < -0.39 is 6.10 Å². The second kappa shape index (κ2) is 9.38. The minimum atomic E-state index is -0.425. The Morgan fingerprint density at radius 3 is 2.96 bits per heavy atom. The Kier molecular flexibility index (Phi) is 6.93. The summed E-state index contributed by atoms with van der Waals surface area (Å²) in [6, 6.07) is 16.2. The summed E-state index contributed by atoms with van der Waals surface area (Å²) in [4.78, 5) is 2.23. The molecular formula is C19H23NO3S2. The van der Waals surface area contributed by atoms with Gasteiger partial charge in [-0.3, -0.25) is 0 Å². The van der Waals surface area contributed by atoms with Crippen molar-refractivity contribution in [3.63, 3.8) is 0 Å². The van der Waals surface area contributed by atoms with Gasteiger partial charge in [0.15, 0.2) is 0 Å². The van der Waals surface area contributed by atoms with Crippen LogP contribution in [0.5, 0.6) is 11.5 Å². The molecular weight excluding hydrogens is 354 g/mol. The number of methoxy groups -OCH3 is 1. The number of ether oxygens (including phenoxy) is 2. The molecule has 2 aromatic rings. The Labute approximate surface area is 157 Å². The summed E-state index contributed by atoms with van der Waals surface area (Å²) >= 11 is 3.40. The van der Waals surface area contributed by atoms with Crippen LogP contribution in [-0.2, 0) is 0 Å². The zero-order chi connectivity index (χ0) is 17.5. The van der Waals surface area contributed by atoms with Crippen LogP contribution in [0.25, 0.3) is 0 Å². The molecule has 1 heterocycles. The van der Waals surface area contributed by atoms with Crippen molar-refractivity contribution >= 4 is 23.5 Å². The van der Waals surface area contributed by atoms with Gasteiger partial charge in [-0.25, -0.2) is 0 Å². The average Bonchev–Trinajstić information content (AvgIpc) is 2.87. The summed E-state index contributed by atoms with van der Waals surface area (Å²) in [5, 5.41) is 13.7. The molecule has 2 atom stereocenters. The van der Waals surface area contributed by atoms with E-state index in [1.54, 1.807) is 30.6 Å². The van der Waals surface area contributed by atoms with Gasteiger partial charge >= 0.3 is 0 Å². The Morgan fingerprint density at radius 1 is 1.28 bits per heavy atom. The molecule has 6 heteroatoms. The van der Waals surface area contributed by atoms with E-state index in [0.717, 1.165) is 22.1 Å². The SMILES string of the molecule is COc1ccccc1SC[C@H](O)CNC1COc2ccccc2SC1. The molecule has 0 aromatic heterocycles. The van der Waals surface area contributed by atoms with Crippen LogP contribution in [0.1, 0.15) is 0 Å². The highest BCUT2D eigenvalue weighted by molar-refractivity contribution is 7.99. The number of nitrogens with one attached hydrogen (secondary N) is 1. The molecule has 4 nitrogen and oxygen atoms in total. The fraction of sp³-hybridized carbons (Fsp3) is 0.368. The van der Waals surface area contributed by atoms with Crippen molar-refractivity contribution in [2.45, 2.75) is 21.9 Å². The first-order chi connectivity index (χ1) is 12.3. The fourth-order valence-corrected chi connectivity index (χ4v) is 4.52. The molecule has 25 heavy (non-hydrogen) atoms. The number of hydrogen-bond donors (Lipinski definition) is 2. The molecule has 0 spiro atoms. The van der Waals surface area contributed by atoms with Crippen molar-refractivity contribution in [3.8, 4) is 11.5 Å². The largest absolute Gasteiger partial charge is 0.496 e. The van der Waals surface area contributed by atoms with Crippen LogP contribution in [0.2, 0.25) is 0 Å². The molecule has 2 aromatic carbocycles. The lowest BCUT2D eigenvalue weighted by Gasteiger charge is -2.18.